The van der Waals surface area contributed by atoms with Crippen molar-refractivity contribution in [2.45, 2.75) is 13.8 Å². The fourth-order valence-electron chi connectivity index (χ4n) is 1.20. The average Bonchev–Trinajstić information content (AvgIpc) is 2.12. The maximum atomic E-state index is 11.0. The van der Waals surface area contributed by atoms with Gasteiger partial charge in [-0.05, 0) is 18.6 Å². The number of carbonyl (C=O) groups is 2. The van der Waals surface area contributed by atoms with E-state index in [1.165, 1.54) is 13.0 Å². The predicted molar refractivity (Wildman–Crippen MR) is 55.7 cm³/mol. The molecule has 0 saturated heterocycles. The Labute approximate surface area is 86.9 Å². The Hall–Kier alpha value is -2.04. The van der Waals surface area contributed by atoms with Gasteiger partial charge in [-0.15, -0.1) is 0 Å². The van der Waals surface area contributed by atoms with E-state index in [9.17, 15) is 14.7 Å². The second kappa shape index (κ2) is 4.00. The van der Waals surface area contributed by atoms with Gasteiger partial charge in [-0.1, -0.05) is 6.07 Å². The van der Waals surface area contributed by atoms with Crippen molar-refractivity contribution in [2.75, 3.05) is 5.32 Å². The maximum Gasteiger partial charge on any atom is 0.250 e. The lowest BCUT2D eigenvalue weighted by atomic mass is 10.1. The van der Waals surface area contributed by atoms with E-state index >= 15 is 0 Å². The van der Waals surface area contributed by atoms with Crippen LogP contribution in [-0.2, 0) is 4.79 Å². The van der Waals surface area contributed by atoms with Crippen molar-refractivity contribution in [3.8, 4) is 5.75 Å². The zero-order valence-electron chi connectivity index (χ0n) is 8.50. The van der Waals surface area contributed by atoms with Crippen LogP contribution in [0.15, 0.2) is 12.1 Å². The number of aryl methyl sites for hydroxylation is 1. The van der Waals surface area contributed by atoms with Gasteiger partial charge in [-0.25, -0.2) is 0 Å². The van der Waals surface area contributed by atoms with E-state index in [0.29, 0.717) is 5.56 Å². The van der Waals surface area contributed by atoms with E-state index < -0.39 is 5.91 Å². The molecule has 1 rings (SSSR count). The normalized spacial score (nSPS) is 9.73. The number of nitrogens with one attached hydrogen (secondary N) is 1. The zero-order chi connectivity index (χ0) is 11.6. The van der Waals surface area contributed by atoms with Crippen LogP contribution in [0.25, 0.3) is 0 Å². The summed E-state index contributed by atoms with van der Waals surface area (Å²) in [6.07, 6.45) is 0. The number of phenolic OH excluding ortho intramolecular Hbond substituents is 1. The lowest BCUT2D eigenvalue weighted by molar-refractivity contribution is -0.114. The molecule has 15 heavy (non-hydrogen) atoms. The molecule has 1 aromatic carbocycles. The van der Waals surface area contributed by atoms with Crippen molar-refractivity contribution in [3.63, 3.8) is 0 Å². The quantitative estimate of drug-likeness (QED) is 0.626. The van der Waals surface area contributed by atoms with Crippen molar-refractivity contribution in [1.29, 1.82) is 0 Å². The summed E-state index contributed by atoms with van der Waals surface area (Å²) in [6, 6.07) is 3.02. The van der Waals surface area contributed by atoms with Crippen molar-refractivity contribution in [1.82, 2.24) is 0 Å². The number of amides is 2. The lowest BCUT2D eigenvalue weighted by Crippen LogP contribution is -2.16. The highest BCUT2D eigenvalue weighted by Gasteiger charge is 2.15. The Morgan fingerprint density at radius 2 is 2.00 bits per heavy atom. The van der Waals surface area contributed by atoms with Crippen molar-refractivity contribution in [2.24, 2.45) is 5.73 Å². The summed E-state index contributed by atoms with van der Waals surface area (Å²) < 4.78 is 0. The van der Waals surface area contributed by atoms with Crippen LogP contribution in [0.4, 0.5) is 5.69 Å². The number of nitrogens with two attached hydrogens (primary N) is 1. The van der Waals surface area contributed by atoms with Crippen LogP contribution in [0.3, 0.4) is 0 Å². The number of carbonyl (C=O) groups excluding carboxylic acids is 2. The summed E-state index contributed by atoms with van der Waals surface area (Å²) in [6.45, 7) is 2.94. The molecule has 0 aromatic heterocycles. The van der Waals surface area contributed by atoms with E-state index in [4.69, 9.17) is 5.73 Å². The van der Waals surface area contributed by atoms with Gasteiger partial charge in [0.2, 0.25) is 5.91 Å². The molecular formula is C10H12N2O3. The molecule has 4 N–H and O–H groups in total. The first kappa shape index (κ1) is 11.0. The minimum Gasteiger partial charge on any atom is -0.505 e. The van der Waals surface area contributed by atoms with Crippen LogP contribution >= 0.6 is 0 Å². The number of hydrogen-bond acceptors (Lipinski definition) is 3. The Balaban J connectivity index is 3.34. The minimum atomic E-state index is -0.700. The molecule has 0 fully saturated rings. The molecule has 0 saturated carbocycles. The summed E-state index contributed by atoms with van der Waals surface area (Å²) in [7, 11) is 0. The second-order valence-electron chi connectivity index (χ2n) is 3.20. The summed E-state index contributed by atoms with van der Waals surface area (Å²) >= 11 is 0. The fraction of sp³-hybridized carbons (Fsp3) is 0.200. The first-order valence-electron chi connectivity index (χ1n) is 4.33. The van der Waals surface area contributed by atoms with Crippen molar-refractivity contribution in [3.05, 3.63) is 23.3 Å². The Kier molecular flexibility index (Phi) is 2.94. The maximum absolute atomic E-state index is 11.0. The number of anilines is 1. The molecule has 0 radical (unpaired) electrons. The molecule has 5 nitrogen and oxygen atoms in total. The van der Waals surface area contributed by atoms with E-state index in [1.54, 1.807) is 13.0 Å². The van der Waals surface area contributed by atoms with Gasteiger partial charge < -0.3 is 16.2 Å². The molecule has 1 aromatic rings. The van der Waals surface area contributed by atoms with Gasteiger partial charge in [0.25, 0.3) is 5.91 Å². The van der Waals surface area contributed by atoms with Gasteiger partial charge in [0.05, 0.1) is 11.3 Å². The van der Waals surface area contributed by atoms with Crippen molar-refractivity contribution < 1.29 is 14.7 Å². The van der Waals surface area contributed by atoms with E-state index in [2.05, 4.69) is 5.32 Å². The van der Waals surface area contributed by atoms with Crippen LogP contribution in [0.1, 0.15) is 22.8 Å². The third kappa shape index (κ3) is 2.25. The predicted octanol–water partition coefficient (Wildman–Crippen LogP) is 0.758. The highest BCUT2D eigenvalue weighted by atomic mass is 16.3. The zero-order valence-corrected chi connectivity index (χ0v) is 8.50. The van der Waals surface area contributed by atoms with Crippen LogP contribution in [0.2, 0.25) is 0 Å². The first-order valence-corrected chi connectivity index (χ1v) is 4.33. The highest BCUT2D eigenvalue weighted by molar-refractivity contribution is 6.04. The number of phenols is 1. The number of aromatic hydroxyl groups is 1. The molecule has 80 valence electrons. The SMILES string of the molecule is CC(=O)Nc1c(C(N)=O)ccc(C)c1O. The first-order chi connectivity index (χ1) is 6.93. The number of primary amides is 1. The number of benzene rings is 1. The summed E-state index contributed by atoms with van der Waals surface area (Å²) in [5.74, 6) is -1.21. The number of rotatable bonds is 2. The smallest absolute Gasteiger partial charge is 0.250 e. The van der Waals surface area contributed by atoms with Crippen molar-refractivity contribution >= 4 is 17.5 Å². The van der Waals surface area contributed by atoms with Gasteiger partial charge >= 0.3 is 0 Å². The van der Waals surface area contributed by atoms with Crippen LogP contribution in [0.5, 0.6) is 5.75 Å². The largest absolute Gasteiger partial charge is 0.505 e. The molecule has 0 heterocycles. The van der Waals surface area contributed by atoms with E-state index in [1.807, 2.05) is 0 Å². The van der Waals surface area contributed by atoms with Crippen LogP contribution in [0, 0.1) is 6.92 Å². The molecule has 0 aliphatic rings. The molecule has 0 bridgehead atoms. The van der Waals surface area contributed by atoms with Gasteiger partial charge in [-0.2, -0.15) is 0 Å². The van der Waals surface area contributed by atoms with Crippen LogP contribution in [-0.4, -0.2) is 16.9 Å². The summed E-state index contributed by atoms with van der Waals surface area (Å²) in [5.41, 5.74) is 5.82. The van der Waals surface area contributed by atoms with Gasteiger partial charge in [0.1, 0.15) is 5.75 Å². The standard InChI is InChI=1S/C10H12N2O3/c1-5-3-4-7(10(11)15)8(9(5)14)12-6(2)13/h3-4,14H,1-2H3,(H2,11,15)(H,12,13). The number of hydrogen-bond donors (Lipinski definition) is 3. The third-order valence-corrected chi connectivity index (χ3v) is 1.95. The van der Waals surface area contributed by atoms with Gasteiger partial charge in [0, 0.05) is 6.92 Å². The Morgan fingerprint density at radius 3 is 2.47 bits per heavy atom. The molecular weight excluding hydrogens is 196 g/mol. The molecule has 0 unspecified atom stereocenters. The van der Waals surface area contributed by atoms with Gasteiger partial charge in [-0.3, -0.25) is 9.59 Å². The molecule has 5 heteroatoms. The summed E-state index contributed by atoms with van der Waals surface area (Å²) in [4.78, 5) is 21.9. The highest BCUT2D eigenvalue weighted by Crippen LogP contribution is 2.30. The second-order valence-corrected chi connectivity index (χ2v) is 3.20. The fourth-order valence-corrected chi connectivity index (χ4v) is 1.20. The Bertz CT molecular complexity index is 427. The van der Waals surface area contributed by atoms with Gasteiger partial charge in [0.15, 0.2) is 0 Å². The van der Waals surface area contributed by atoms with E-state index in [-0.39, 0.29) is 22.9 Å². The molecule has 0 aliphatic heterocycles. The topological polar surface area (TPSA) is 92.4 Å². The lowest BCUT2D eigenvalue weighted by Gasteiger charge is -2.11. The molecule has 2 amide bonds. The Morgan fingerprint density at radius 1 is 1.40 bits per heavy atom. The van der Waals surface area contributed by atoms with E-state index in [0.717, 1.165) is 0 Å². The molecule has 0 spiro atoms. The monoisotopic (exact) mass is 208 g/mol. The minimum absolute atomic E-state index is 0.0648. The average molecular weight is 208 g/mol. The van der Waals surface area contributed by atoms with Crippen LogP contribution < -0.4 is 11.1 Å². The molecule has 0 aliphatic carbocycles. The molecule has 0 atom stereocenters. The summed E-state index contributed by atoms with van der Waals surface area (Å²) in [5, 5.41) is 12.0. The third-order valence-electron chi connectivity index (χ3n) is 1.95.